The lowest BCUT2D eigenvalue weighted by Gasteiger charge is -2.17. The maximum atomic E-state index is 12.7. The largest absolute Gasteiger partial charge is 0.336 e. The Kier molecular flexibility index (Phi) is 6.06. The van der Waals surface area contributed by atoms with Crippen molar-refractivity contribution in [1.82, 2.24) is 9.88 Å². The normalized spacial score (nSPS) is 10.4. The van der Waals surface area contributed by atoms with Gasteiger partial charge in [0.15, 0.2) is 0 Å². The van der Waals surface area contributed by atoms with Crippen molar-refractivity contribution in [2.45, 2.75) is 13.5 Å². The van der Waals surface area contributed by atoms with Crippen LogP contribution in [0.2, 0.25) is 5.02 Å². The van der Waals surface area contributed by atoms with Crippen LogP contribution in [0.5, 0.6) is 0 Å². The standard InChI is InChI=1S/C22H20ClN3O2/c1-15-12-18(23)8-9-19(15)25-21(27)17-10-11-24-20(13-17)22(28)26(2)14-16-6-4-3-5-7-16/h3-13H,14H2,1-2H3,(H,25,27). The van der Waals surface area contributed by atoms with Crippen molar-refractivity contribution in [1.29, 1.82) is 0 Å². The number of carbonyl (C=O) groups is 2. The van der Waals surface area contributed by atoms with E-state index in [0.717, 1.165) is 11.1 Å². The van der Waals surface area contributed by atoms with Crippen LogP contribution in [0.4, 0.5) is 5.69 Å². The number of hydrogen-bond acceptors (Lipinski definition) is 3. The third-order valence-corrected chi connectivity index (χ3v) is 4.52. The second-order valence-corrected chi connectivity index (χ2v) is 6.93. The second-order valence-electron chi connectivity index (χ2n) is 6.49. The van der Waals surface area contributed by atoms with Crippen molar-refractivity contribution in [2.24, 2.45) is 0 Å². The molecule has 1 heterocycles. The maximum Gasteiger partial charge on any atom is 0.272 e. The Morgan fingerprint density at radius 3 is 2.54 bits per heavy atom. The van der Waals surface area contributed by atoms with E-state index in [9.17, 15) is 9.59 Å². The van der Waals surface area contributed by atoms with Gasteiger partial charge in [-0.2, -0.15) is 0 Å². The third kappa shape index (κ3) is 4.75. The Bertz CT molecular complexity index is 1010. The van der Waals surface area contributed by atoms with Gasteiger partial charge in [-0.25, -0.2) is 0 Å². The van der Waals surface area contributed by atoms with Gasteiger partial charge in [0.2, 0.25) is 0 Å². The van der Waals surface area contributed by atoms with Crippen LogP contribution in [0.1, 0.15) is 32.0 Å². The molecule has 3 rings (SSSR count). The molecule has 0 aliphatic rings. The SMILES string of the molecule is Cc1cc(Cl)ccc1NC(=O)c1ccnc(C(=O)N(C)Cc2ccccc2)c1. The quantitative estimate of drug-likeness (QED) is 0.690. The molecule has 3 aromatic rings. The van der Waals surface area contributed by atoms with E-state index in [2.05, 4.69) is 10.3 Å². The minimum atomic E-state index is -0.312. The number of rotatable bonds is 5. The molecule has 0 unspecified atom stereocenters. The van der Waals surface area contributed by atoms with Crippen LogP contribution in [-0.4, -0.2) is 28.7 Å². The van der Waals surface area contributed by atoms with Crippen molar-refractivity contribution < 1.29 is 9.59 Å². The number of halogens is 1. The van der Waals surface area contributed by atoms with Gasteiger partial charge in [-0.05, 0) is 48.4 Å². The van der Waals surface area contributed by atoms with Gasteiger partial charge in [0, 0.05) is 36.1 Å². The predicted molar refractivity (Wildman–Crippen MR) is 111 cm³/mol. The first-order valence-corrected chi connectivity index (χ1v) is 9.15. The number of amides is 2. The molecule has 2 aromatic carbocycles. The summed E-state index contributed by atoms with van der Waals surface area (Å²) in [5.74, 6) is -0.561. The number of benzene rings is 2. The highest BCUT2D eigenvalue weighted by atomic mass is 35.5. The zero-order valence-corrected chi connectivity index (χ0v) is 16.4. The highest BCUT2D eigenvalue weighted by Gasteiger charge is 2.16. The van der Waals surface area contributed by atoms with E-state index < -0.39 is 0 Å². The molecule has 0 fully saturated rings. The average molecular weight is 394 g/mol. The number of aromatic nitrogens is 1. The summed E-state index contributed by atoms with van der Waals surface area (Å²) < 4.78 is 0. The summed E-state index contributed by atoms with van der Waals surface area (Å²) >= 11 is 5.95. The van der Waals surface area contributed by atoms with Crippen molar-refractivity contribution in [3.05, 3.63) is 94.3 Å². The molecule has 6 heteroatoms. The average Bonchev–Trinajstić information content (AvgIpc) is 2.70. The zero-order valence-electron chi connectivity index (χ0n) is 15.6. The fraction of sp³-hybridized carbons (Fsp3) is 0.136. The Hall–Kier alpha value is -3.18. The Labute approximate surface area is 169 Å². The van der Waals surface area contributed by atoms with Gasteiger partial charge in [0.25, 0.3) is 11.8 Å². The van der Waals surface area contributed by atoms with Crippen molar-refractivity contribution in [3.63, 3.8) is 0 Å². The van der Waals surface area contributed by atoms with Crippen LogP contribution in [0, 0.1) is 6.92 Å². The van der Waals surface area contributed by atoms with E-state index in [1.165, 1.54) is 12.3 Å². The summed E-state index contributed by atoms with van der Waals surface area (Å²) in [5.41, 5.74) is 3.12. The summed E-state index contributed by atoms with van der Waals surface area (Å²) in [7, 11) is 1.71. The molecule has 5 nitrogen and oxygen atoms in total. The minimum Gasteiger partial charge on any atom is -0.336 e. The smallest absolute Gasteiger partial charge is 0.272 e. The molecule has 0 radical (unpaired) electrons. The predicted octanol–water partition coefficient (Wildman–Crippen LogP) is 4.57. The first-order chi connectivity index (χ1) is 13.4. The number of nitrogens with zero attached hydrogens (tertiary/aromatic N) is 2. The Morgan fingerprint density at radius 2 is 1.82 bits per heavy atom. The zero-order chi connectivity index (χ0) is 20.1. The second kappa shape index (κ2) is 8.67. The topological polar surface area (TPSA) is 62.3 Å². The number of pyridine rings is 1. The fourth-order valence-electron chi connectivity index (χ4n) is 2.78. The molecule has 0 saturated carbocycles. The summed E-state index contributed by atoms with van der Waals surface area (Å²) in [6, 6.07) is 18.0. The number of hydrogen-bond donors (Lipinski definition) is 1. The molecule has 0 atom stereocenters. The van der Waals surface area contributed by atoms with Gasteiger partial charge in [-0.3, -0.25) is 14.6 Å². The Morgan fingerprint density at radius 1 is 1.07 bits per heavy atom. The van der Waals surface area contributed by atoms with E-state index in [4.69, 9.17) is 11.6 Å². The van der Waals surface area contributed by atoms with E-state index >= 15 is 0 Å². The molecule has 0 spiro atoms. The lowest BCUT2D eigenvalue weighted by molar-refractivity contribution is 0.0779. The minimum absolute atomic E-state index is 0.221. The van der Waals surface area contributed by atoms with Gasteiger partial charge in [0.1, 0.15) is 5.69 Å². The van der Waals surface area contributed by atoms with Crippen LogP contribution in [0.25, 0.3) is 0 Å². The van der Waals surface area contributed by atoms with E-state index in [-0.39, 0.29) is 17.5 Å². The third-order valence-electron chi connectivity index (χ3n) is 4.29. The fourth-order valence-corrected chi connectivity index (χ4v) is 3.00. The first kappa shape index (κ1) is 19.6. The van der Waals surface area contributed by atoms with Crippen LogP contribution in [0.15, 0.2) is 66.9 Å². The molecule has 1 aromatic heterocycles. The Balaban J connectivity index is 1.73. The number of nitrogens with one attached hydrogen (secondary N) is 1. The summed E-state index contributed by atoms with van der Waals surface area (Å²) in [6.45, 7) is 2.32. The van der Waals surface area contributed by atoms with Gasteiger partial charge in [0.05, 0.1) is 0 Å². The number of anilines is 1. The highest BCUT2D eigenvalue weighted by Crippen LogP contribution is 2.20. The monoisotopic (exact) mass is 393 g/mol. The molecule has 0 saturated heterocycles. The first-order valence-electron chi connectivity index (χ1n) is 8.77. The lowest BCUT2D eigenvalue weighted by atomic mass is 10.1. The lowest BCUT2D eigenvalue weighted by Crippen LogP contribution is -2.27. The van der Waals surface area contributed by atoms with Crippen LogP contribution >= 0.6 is 11.6 Å². The molecule has 0 bridgehead atoms. The molecule has 0 aliphatic carbocycles. The maximum absolute atomic E-state index is 12.7. The molecular weight excluding hydrogens is 374 g/mol. The van der Waals surface area contributed by atoms with Gasteiger partial charge < -0.3 is 10.2 Å². The van der Waals surface area contributed by atoms with Crippen molar-refractivity contribution in [2.75, 3.05) is 12.4 Å². The van der Waals surface area contributed by atoms with Crippen molar-refractivity contribution in [3.8, 4) is 0 Å². The summed E-state index contributed by atoms with van der Waals surface area (Å²) in [5, 5.41) is 3.44. The molecule has 0 aliphatic heterocycles. The van der Waals surface area contributed by atoms with Gasteiger partial charge >= 0.3 is 0 Å². The van der Waals surface area contributed by atoms with E-state index in [1.54, 1.807) is 36.2 Å². The molecular formula is C22H20ClN3O2. The van der Waals surface area contributed by atoms with E-state index in [1.807, 2.05) is 37.3 Å². The van der Waals surface area contributed by atoms with Crippen LogP contribution < -0.4 is 5.32 Å². The van der Waals surface area contributed by atoms with Crippen LogP contribution in [0.3, 0.4) is 0 Å². The molecule has 2 amide bonds. The number of aryl methyl sites for hydroxylation is 1. The van der Waals surface area contributed by atoms with E-state index in [0.29, 0.717) is 22.8 Å². The van der Waals surface area contributed by atoms with Gasteiger partial charge in [-0.15, -0.1) is 0 Å². The number of carbonyl (C=O) groups excluding carboxylic acids is 2. The van der Waals surface area contributed by atoms with Crippen molar-refractivity contribution >= 4 is 29.1 Å². The van der Waals surface area contributed by atoms with Crippen LogP contribution in [-0.2, 0) is 6.54 Å². The van der Waals surface area contributed by atoms with Gasteiger partial charge in [-0.1, -0.05) is 41.9 Å². The summed E-state index contributed by atoms with van der Waals surface area (Å²) in [6.07, 6.45) is 1.47. The molecule has 28 heavy (non-hydrogen) atoms. The molecule has 142 valence electrons. The summed E-state index contributed by atoms with van der Waals surface area (Å²) in [4.78, 5) is 31.0. The highest BCUT2D eigenvalue weighted by molar-refractivity contribution is 6.30. The molecule has 1 N–H and O–H groups in total.